The van der Waals surface area contributed by atoms with Crippen molar-refractivity contribution >= 4 is 27.3 Å². The molecule has 0 fully saturated rings. The van der Waals surface area contributed by atoms with Gasteiger partial charge < -0.3 is 5.32 Å². The molecule has 1 unspecified atom stereocenters. The van der Waals surface area contributed by atoms with Crippen LogP contribution in [0.4, 0.5) is 4.39 Å². The Morgan fingerprint density at radius 3 is 2.80 bits per heavy atom. The number of halogens is 2. The zero-order valence-electron chi connectivity index (χ0n) is 11.5. The van der Waals surface area contributed by atoms with Gasteiger partial charge in [0.1, 0.15) is 5.82 Å². The molecule has 1 atom stereocenters. The van der Waals surface area contributed by atoms with Crippen LogP contribution in [0.25, 0.3) is 0 Å². The summed E-state index contributed by atoms with van der Waals surface area (Å²) < 4.78 is 14.2. The van der Waals surface area contributed by atoms with E-state index in [1.54, 1.807) is 17.4 Å². The van der Waals surface area contributed by atoms with E-state index in [9.17, 15) is 4.39 Å². The summed E-state index contributed by atoms with van der Waals surface area (Å²) in [5.41, 5.74) is 1.02. The molecule has 2 rings (SSSR count). The highest BCUT2D eigenvalue weighted by atomic mass is 79.9. The SMILES string of the molecule is CCCNC(Cc1cccs1)Cc1cccc(F)c1Br. The largest absolute Gasteiger partial charge is 0.313 e. The molecule has 1 heterocycles. The van der Waals surface area contributed by atoms with Crippen molar-refractivity contribution < 1.29 is 4.39 Å². The van der Waals surface area contributed by atoms with Gasteiger partial charge in [0.25, 0.3) is 0 Å². The summed E-state index contributed by atoms with van der Waals surface area (Å²) in [6.45, 7) is 3.15. The van der Waals surface area contributed by atoms with Crippen LogP contribution in [0.1, 0.15) is 23.8 Å². The van der Waals surface area contributed by atoms with Gasteiger partial charge in [-0.1, -0.05) is 25.1 Å². The summed E-state index contributed by atoms with van der Waals surface area (Å²) in [6, 6.07) is 9.83. The van der Waals surface area contributed by atoms with Gasteiger partial charge in [-0.3, -0.25) is 0 Å². The summed E-state index contributed by atoms with van der Waals surface area (Å²) in [4.78, 5) is 1.37. The molecule has 1 aromatic heterocycles. The van der Waals surface area contributed by atoms with Crippen LogP contribution in [0.3, 0.4) is 0 Å². The van der Waals surface area contributed by atoms with Crippen molar-refractivity contribution in [1.29, 1.82) is 0 Å². The Hall–Kier alpha value is -0.710. The van der Waals surface area contributed by atoms with Gasteiger partial charge in [-0.2, -0.15) is 0 Å². The first-order valence-electron chi connectivity index (χ1n) is 6.89. The molecule has 1 N–H and O–H groups in total. The van der Waals surface area contributed by atoms with Crippen molar-refractivity contribution in [3.05, 3.63) is 56.4 Å². The number of nitrogens with one attached hydrogen (secondary N) is 1. The van der Waals surface area contributed by atoms with Crippen LogP contribution in [0.15, 0.2) is 40.2 Å². The number of benzene rings is 1. The van der Waals surface area contributed by atoms with E-state index in [0.717, 1.165) is 31.4 Å². The van der Waals surface area contributed by atoms with E-state index < -0.39 is 0 Å². The van der Waals surface area contributed by atoms with E-state index in [1.165, 1.54) is 10.9 Å². The second-order valence-electron chi connectivity index (χ2n) is 4.85. The third-order valence-electron chi connectivity index (χ3n) is 3.21. The second-order valence-corrected chi connectivity index (χ2v) is 6.68. The van der Waals surface area contributed by atoms with E-state index in [2.05, 4.69) is 45.7 Å². The third-order valence-corrected chi connectivity index (χ3v) is 5.00. The molecule has 0 saturated carbocycles. The van der Waals surface area contributed by atoms with Gasteiger partial charge in [0, 0.05) is 10.9 Å². The second kappa shape index (κ2) is 7.91. The van der Waals surface area contributed by atoms with Gasteiger partial charge in [-0.25, -0.2) is 4.39 Å². The number of hydrogen-bond donors (Lipinski definition) is 1. The van der Waals surface area contributed by atoms with E-state index in [-0.39, 0.29) is 5.82 Å². The first-order valence-corrected chi connectivity index (χ1v) is 8.56. The lowest BCUT2D eigenvalue weighted by Crippen LogP contribution is -2.33. The van der Waals surface area contributed by atoms with Crippen molar-refractivity contribution in [1.82, 2.24) is 5.32 Å². The van der Waals surface area contributed by atoms with Gasteiger partial charge in [0.2, 0.25) is 0 Å². The van der Waals surface area contributed by atoms with E-state index in [0.29, 0.717) is 10.5 Å². The molecule has 0 bridgehead atoms. The molecule has 0 aliphatic heterocycles. The van der Waals surface area contributed by atoms with Crippen LogP contribution in [0.5, 0.6) is 0 Å². The molecular formula is C16H19BrFNS. The van der Waals surface area contributed by atoms with Crippen molar-refractivity contribution in [2.45, 2.75) is 32.2 Å². The first-order chi connectivity index (χ1) is 9.70. The maximum atomic E-state index is 13.6. The average Bonchev–Trinajstić information content (AvgIpc) is 2.94. The smallest absolute Gasteiger partial charge is 0.137 e. The Labute approximate surface area is 132 Å². The van der Waals surface area contributed by atoms with Gasteiger partial charge in [0.05, 0.1) is 4.47 Å². The van der Waals surface area contributed by atoms with Crippen LogP contribution in [-0.2, 0) is 12.8 Å². The highest BCUT2D eigenvalue weighted by Gasteiger charge is 2.14. The third kappa shape index (κ3) is 4.40. The fraction of sp³-hybridized carbons (Fsp3) is 0.375. The Morgan fingerprint density at radius 2 is 2.10 bits per heavy atom. The lowest BCUT2D eigenvalue weighted by atomic mass is 10.0. The van der Waals surface area contributed by atoms with Gasteiger partial charge in [-0.05, 0) is 64.8 Å². The summed E-state index contributed by atoms with van der Waals surface area (Å²) in [5.74, 6) is -0.187. The normalized spacial score (nSPS) is 12.6. The Balaban J connectivity index is 2.08. The van der Waals surface area contributed by atoms with E-state index in [4.69, 9.17) is 0 Å². The van der Waals surface area contributed by atoms with Gasteiger partial charge in [-0.15, -0.1) is 11.3 Å². The minimum absolute atomic E-state index is 0.187. The Bertz CT molecular complexity index is 527. The first kappa shape index (κ1) is 15.7. The maximum absolute atomic E-state index is 13.6. The standard InChI is InChI=1S/C16H19BrFNS/c1-2-8-19-13(11-14-6-4-9-20-14)10-12-5-3-7-15(18)16(12)17/h3-7,9,13,19H,2,8,10-11H2,1H3. The van der Waals surface area contributed by atoms with Crippen molar-refractivity contribution in [3.8, 4) is 0 Å². The molecular weight excluding hydrogens is 337 g/mol. The molecule has 108 valence electrons. The zero-order valence-corrected chi connectivity index (χ0v) is 13.9. The number of rotatable bonds is 7. The Morgan fingerprint density at radius 1 is 1.25 bits per heavy atom. The molecule has 0 radical (unpaired) electrons. The topological polar surface area (TPSA) is 12.0 Å². The molecule has 0 spiro atoms. The molecule has 0 amide bonds. The zero-order chi connectivity index (χ0) is 14.4. The lowest BCUT2D eigenvalue weighted by Gasteiger charge is -2.19. The molecule has 4 heteroatoms. The molecule has 0 saturated heterocycles. The van der Waals surface area contributed by atoms with E-state index in [1.807, 2.05) is 6.07 Å². The summed E-state index contributed by atoms with van der Waals surface area (Å²) in [6.07, 6.45) is 2.92. The lowest BCUT2D eigenvalue weighted by molar-refractivity contribution is 0.505. The van der Waals surface area contributed by atoms with Crippen molar-refractivity contribution in [3.63, 3.8) is 0 Å². The summed E-state index contributed by atoms with van der Waals surface area (Å²) in [5, 5.41) is 5.67. The van der Waals surface area contributed by atoms with Crippen LogP contribution in [0.2, 0.25) is 0 Å². The molecule has 1 nitrogen and oxygen atoms in total. The van der Waals surface area contributed by atoms with Crippen molar-refractivity contribution in [2.75, 3.05) is 6.54 Å². The molecule has 20 heavy (non-hydrogen) atoms. The predicted molar refractivity (Wildman–Crippen MR) is 87.9 cm³/mol. The molecule has 0 aliphatic carbocycles. The summed E-state index contributed by atoms with van der Waals surface area (Å²) in [7, 11) is 0. The highest BCUT2D eigenvalue weighted by Crippen LogP contribution is 2.23. The highest BCUT2D eigenvalue weighted by molar-refractivity contribution is 9.10. The predicted octanol–water partition coefficient (Wildman–Crippen LogP) is 4.80. The van der Waals surface area contributed by atoms with Gasteiger partial charge in [0.15, 0.2) is 0 Å². The quantitative estimate of drug-likeness (QED) is 0.751. The van der Waals surface area contributed by atoms with Crippen LogP contribution in [-0.4, -0.2) is 12.6 Å². The van der Waals surface area contributed by atoms with Crippen LogP contribution >= 0.6 is 27.3 Å². The van der Waals surface area contributed by atoms with Crippen LogP contribution in [0, 0.1) is 5.82 Å². The van der Waals surface area contributed by atoms with Gasteiger partial charge >= 0.3 is 0 Å². The number of thiophene rings is 1. The monoisotopic (exact) mass is 355 g/mol. The average molecular weight is 356 g/mol. The van der Waals surface area contributed by atoms with E-state index >= 15 is 0 Å². The Kier molecular flexibility index (Phi) is 6.20. The molecule has 2 aromatic rings. The summed E-state index contributed by atoms with van der Waals surface area (Å²) >= 11 is 5.13. The maximum Gasteiger partial charge on any atom is 0.137 e. The van der Waals surface area contributed by atoms with Crippen LogP contribution < -0.4 is 5.32 Å². The number of hydrogen-bond acceptors (Lipinski definition) is 2. The fourth-order valence-electron chi connectivity index (χ4n) is 2.21. The molecule has 1 aromatic carbocycles. The minimum atomic E-state index is -0.187. The molecule has 0 aliphatic rings. The minimum Gasteiger partial charge on any atom is -0.313 e. The fourth-order valence-corrected chi connectivity index (χ4v) is 3.42. The van der Waals surface area contributed by atoms with Crippen molar-refractivity contribution in [2.24, 2.45) is 0 Å².